The van der Waals surface area contributed by atoms with Crippen molar-refractivity contribution >= 4 is 43.6 Å². The summed E-state index contributed by atoms with van der Waals surface area (Å²) in [5.41, 5.74) is 0. The van der Waals surface area contributed by atoms with E-state index in [4.69, 9.17) is 11.6 Å². The number of amides is 1. The highest BCUT2D eigenvalue weighted by atomic mass is 35.5. The van der Waals surface area contributed by atoms with Crippen LogP contribution in [0.25, 0.3) is 0 Å². The molecule has 1 atom stereocenters. The molecule has 0 radical (unpaired) electrons. The number of sulfonamides is 1. The number of carbonyl (C=O) groups is 2. The number of benzene rings is 1. The van der Waals surface area contributed by atoms with Gasteiger partial charge in [0, 0.05) is 18.0 Å². The van der Waals surface area contributed by atoms with Crippen LogP contribution in [0.15, 0.2) is 29.2 Å². The van der Waals surface area contributed by atoms with Gasteiger partial charge < -0.3 is 10.1 Å². The van der Waals surface area contributed by atoms with E-state index in [0.717, 1.165) is 31.9 Å². The normalized spacial score (nSPS) is 12.8. The molecule has 1 rings (SSSR count). The highest BCUT2D eigenvalue weighted by molar-refractivity contribution is 7.89. The van der Waals surface area contributed by atoms with Crippen molar-refractivity contribution in [2.24, 2.45) is 0 Å². The van der Waals surface area contributed by atoms with E-state index < -0.39 is 38.7 Å². The maximum atomic E-state index is 12.6. The lowest BCUT2D eigenvalue weighted by atomic mass is 10.1. The zero-order valence-electron chi connectivity index (χ0n) is 18.0. The third-order valence-corrected chi connectivity index (χ3v) is 6.58. The summed E-state index contributed by atoms with van der Waals surface area (Å²) in [6, 6.07) is 3.83. The first-order valence-electron chi connectivity index (χ1n) is 9.91. The second-order valence-corrected chi connectivity index (χ2v) is 10.8. The Morgan fingerprint density at radius 3 is 2.19 bits per heavy atom. The summed E-state index contributed by atoms with van der Waals surface area (Å²) in [4.78, 5) is 23.4. The summed E-state index contributed by atoms with van der Waals surface area (Å²) in [5.74, 6) is -0.961. The molecular weight excluding hydrogens is 484 g/mol. The molecule has 0 unspecified atom stereocenters. The van der Waals surface area contributed by atoms with Gasteiger partial charge in [-0.1, -0.05) is 30.9 Å². The lowest BCUT2D eigenvalue weighted by Gasteiger charge is -2.18. The number of ether oxygens (including phenoxy) is 1. The lowest BCUT2D eigenvalue weighted by molar-refractivity contribution is -0.140. The van der Waals surface area contributed by atoms with E-state index in [1.54, 1.807) is 0 Å². The van der Waals surface area contributed by atoms with Crippen LogP contribution in [0.1, 0.15) is 38.5 Å². The Kier molecular flexibility index (Phi) is 12.1. The Labute approximate surface area is 194 Å². The molecule has 182 valence electrons. The molecule has 0 aliphatic heterocycles. The molecule has 1 aromatic rings. The van der Waals surface area contributed by atoms with E-state index in [9.17, 15) is 26.4 Å². The number of methoxy groups -OCH3 is 1. The topological polar surface area (TPSA) is 145 Å². The van der Waals surface area contributed by atoms with Crippen molar-refractivity contribution in [1.29, 1.82) is 0 Å². The van der Waals surface area contributed by atoms with Crippen molar-refractivity contribution < 1.29 is 35.3 Å². The van der Waals surface area contributed by atoms with Crippen LogP contribution in [0.5, 0.6) is 0 Å². The molecule has 0 heterocycles. The molecule has 0 saturated carbocycles. The van der Waals surface area contributed by atoms with Crippen molar-refractivity contribution in [3.63, 3.8) is 0 Å². The number of hydrogen-bond donors (Lipinski definition) is 2. The molecule has 0 aliphatic rings. The van der Waals surface area contributed by atoms with Crippen molar-refractivity contribution in [2.45, 2.75) is 49.5 Å². The number of hydrogen-bond acceptors (Lipinski definition) is 8. The van der Waals surface area contributed by atoms with Gasteiger partial charge in [0.1, 0.15) is 6.04 Å². The van der Waals surface area contributed by atoms with Gasteiger partial charge in [-0.15, -0.1) is 0 Å². The molecule has 2 N–H and O–H groups in total. The molecule has 0 aliphatic carbocycles. The Morgan fingerprint density at radius 1 is 1.00 bits per heavy atom. The van der Waals surface area contributed by atoms with Crippen LogP contribution in [0.4, 0.5) is 0 Å². The third kappa shape index (κ3) is 11.8. The third-order valence-electron chi connectivity index (χ3n) is 4.27. The van der Waals surface area contributed by atoms with Crippen LogP contribution in [-0.4, -0.2) is 61.3 Å². The standard InChI is InChI=1S/C19H29ClN2O8S2/c1-29-18(23)8-6-4-3-5-7-13-21-19(24)17(14-30-31(2,25)26)22-32(27,28)16-11-9-15(20)10-12-16/h9-12,17,22H,3-8,13-14H2,1-2H3,(H,21,24)/t17-/m0/s1. The number of nitrogens with one attached hydrogen (secondary N) is 2. The molecule has 10 nitrogen and oxygen atoms in total. The fraction of sp³-hybridized carbons (Fsp3) is 0.579. The zero-order valence-corrected chi connectivity index (χ0v) is 20.4. The van der Waals surface area contributed by atoms with Crippen molar-refractivity contribution in [2.75, 3.05) is 26.5 Å². The van der Waals surface area contributed by atoms with Gasteiger partial charge in [-0.3, -0.25) is 13.8 Å². The Bertz CT molecular complexity index is 950. The maximum absolute atomic E-state index is 12.6. The molecule has 0 fully saturated rings. The van der Waals surface area contributed by atoms with Crippen LogP contribution in [0.2, 0.25) is 5.02 Å². The Balaban J connectivity index is 2.59. The van der Waals surface area contributed by atoms with Crippen molar-refractivity contribution in [1.82, 2.24) is 10.0 Å². The molecule has 1 aromatic carbocycles. The smallest absolute Gasteiger partial charge is 0.305 e. The first-order chi connectivity index (χ1) is 14.9. The minimum Gasteiger partial charge on any atom is -0.469 e. The predicted octanol–water partition coefficient (Wildman–Crippen LogP) is 1.59. The average Bonchev–Trinajstić information content (AvgIpc) is 2.72. The number of halogens is 1. The second-order valence-electron chi connectivity index (χ2n) is 7.00. The molecule has 13 heteroatoms. The minimum atomic E-state index is -4.13. The van der Waals surface area contributed by atoms with Crippen molar-refractivity contribution in [3.8, 4) is 0 Å². The zero-order chi connectivity index (χ0) is 24.2. The molecular formula is C19H29ClN2O8S2. The Hall–Kier alpha value is -1.73. The highest BCUT2D eigenvalue weighted by Gasteiger charge is 2.27. The quantitative estimate of drug-likeness (QED) is 0.205. The largest absolute Gasteiger partial charge is 0.469 e. The number of unbranched alkanes of at least 4 members (excludes halogenated alkanes) is 4. The van der Waals surface area contributed by atoms with E-state index >= 15 is 0 Å². The number of rotatable bonds is 15. The Morgan fingerprint density at radius 2 is 1.59 bits per heavy atom. The van der Waals surface area contributed by atoms with Gasteiger partial charge in [-0.2, -0.15) is 13.1 Å². The predicted molar refractivity (Wildman–Crippen MR) is 119 cm³/mol. The number of esters is 1. The summed E-state index contributed by atoms with van der Waals surface area (Å²) in [7, 11) is -6.67. The van der Waals surface area contributed by atoms with Gasteiger partial charge in [0.15, 0.2) is 0 Å². The summed E-state index contributed by atoms with van der Waals surface area (Å²) in [5, 5.41) is 2.92. The molecule has 1 amide bonds. The second kappa shape index (κ2) is 13.7. The highest BCUT2D eigenvalue weighted by Crippen LogP contribution is 2.14. The van der Waals surface area contributed by atoms with E-state index in [2.05, 4.69) is 19.0 Å². The first kappa shape index (κ1) is 28.3. The van der Waals surface area contributed by atoms with Crippen LogP contribution < -0.4 is 10.0 Å². The monoisotopic (exact) mass is 512 g/mol. The molecule has 0 bridgehead atoms. The first-order valence-corrected chi connectivity index (χ1v) is 13.6. The summed E-state index contributed by atoms with van der Waals surface area (Å²) < 4.78 is 59.1. The van der Waals surface area contributed by atoms with Gasteiger partial charge >= 0.3 is 5.97 Å². The van der Waals surface area contributed by atoms with Crippen LogP contribution in [0, 0.1) is 0 Å². The van der Waals surface area contributed by atoms with E-state index in [1.165, 1.54) is 31.4 Å². The SMILES string of the molecule is COC(=O)CCCCCCCNC(=O)[C@H](COS(C)(=O)=O)NS(=O)(=O)c1ccc(Cl)cc1. The lowest BCUT2D eigenvalue weighted by Crippen LogP contribution is -2.49. The fourth-order valence-electron chi connectivity index (χ4n) is 2.59. The molecule has 0 spiro atoms. The van der Waals surface area contributed by atoms with Gasteiger partial charge in [0.05, 0.1) is 24.9 Å². The van der Waals surface area contributed by atoms with Crippen LogP contribution in [0.3, 0.4) is 0 Å². The average molecular weight is 513 g/mol. The van der Waals surface area contributed by atoms with Gasteiger partial charge in [-0.05, 0) is 37.1 Å². The number of carbonyl (C=O) groups excluding carboxylic acids is 2. The van der Waals surface area contributed by atoms with Gasteiger partial charge in [-0.25, -0.2) is 8.42 Å². The van der Waals surface area contributed by atoms with Gasteiger partial charge in [0.2, 0.25) is 15.9 Å². The van der Waals surface area contributed by atoms with E-state index in [0.29, 0.717) is 17.9 Å². The molecule has 0 aromatic heterocycles. The summed E-state index contributed by atoms with van der Waals surface area (Å²) >= 11 is 5.76. The fourth-order valence-corrected chi connectivity index (χ4v) is 4.27. The summed E-state index contributed by atoms with van der Waals surface area (Å²) in [6.07, 6.45) is 5.01. The maximum Gasteiger partial charge on any atom is 0.305 e. The molecule has 32 heavy (non-hydrogen) atoms. The minimum absolute atomic E-state index is 0.133. The van der Waals surface area contributed by atoms with E-state index in [1.807, 2.05) is 0 Å². The molecule has 0 saturated heterocycles. The summed E-state index contributed by atoms with van der Waals surface area (Å²) in [6.45, 7) is -0.418. The van der Waals surface area contributed by atoms with Gasteiger partial charge in [0.25, 0.3) is 10.1 Å². The van der Waals surface area contributed by atoms with Crippen LogP contribution in [-0.2, 0) is 38.7 Å². The van der Waals surface area contributed by atoms with Crippen molar-refractivity contribution in [3.05, 3.63) is 29.3 Å². The van der Waals surface area contributed by atoms with E-state index in [-0.39, 0.29) is 17.4 Å². The van der Waals surface area contributed by atoms with Crippen LogP contribution >= 0.6 is 11.6 Å².